The molecule has 0 radical (unpaired) electrons. The lowest BCUT2D eigenvalue weighted by Gasteiger charge is -2.13. The van der Waals surface area contributed by atoms with Crippen LogP contribution in [-0.2, 0) is 0 Å². The van der Waals surface area contributed by atoms with E-state index in [1.165, 1.54) is 20.0 Å². The molecule has 1 saturated carbocycles. The van der Waals surface area contributed by atoms with Gasteiger partial charge in [0.2, 0.25) is 5.88 Å². The highest BCUT2D eigenvalue weighted by Crippen LogP contribution is 2.38. The van der Waals surface area contributed by atoms with Crippen molar-refractivity contribution in [3.8, 4) is 23.1 Å². The monoisotopic (exact) mass is 320 g/mol. The fourth-order valence-corrected chi connectivity index (χ4v) is 3.07. The standard InChI is InChI=1S/C15H17ClN4O2/c1-21-14-11(8-17-15(18-14)22-2)12-7-10(13(16)20-19-12)9-5-3-4-6-9/h7-9H,3-6H2,1-2H3. The Hall–Kier alpha value is -1.95. The van der Waals surface area contributed by atoms with Crippen LogP contribution in [0.25, 0.3) is 11.3 Å². The van der Waals surface area contributed by atoms with E-state index in [4.69, 9.17) is 21.1 Å². The molecule has 2 aromatic rings. The number of ether oxygens (including phenoxy) is 2. The molecule has 22 heavy (non-hydrogen) atoms. The van der Waals surface area contributed by atoms with Crippen LogP contribution in [0.15, 0.2) is 12.3 Å². The van der Waals surface area contributed by atoms with Crippen LogP contribution < -0.4 is 9.47 Å². The van der Waals surface area contributed by atoms with Crippen LogP contribution in [0.4, 0.5) is 0 Å². The minimum atomic E-state index is 0.249. The van der Waals surface area contributed by atoms with Crippen molar-refractivity contribution < 1.29 is 9.47 Å². The van der Waals surface area contributed by atoms with Gasteiger partial charge in [0, 0.05) is 6.20 Å². The van der Waals surface area contributed by atoms with Crippen molar-refractivity contribution in [2.24, 2.45) is 0 Å². The fraction of sp³-hybridized carbons (Fsp3) is 0.467. The molecule has 7 heteroatoms. The van der Waals surface area contributed by atoms with Crippen LogP contribution in [0.3, 0.4) is 0 Å². The highest BCUT2D eigenvalue weighted by molar-refractivity contribution is 6.30. The van der Waals surface area contributed by atoms with Gasteiger partial charge in [0.15, 0.2) is 5.15 Å². The van der Waals surface area contributed by atoms with E-state index in [-0.39, 0.29) is 6.01 Å². The topological polar surface area (TPSA) is 70.0 Å². The Morgan fingerprint density at radius 3 is 2.59 bits per heavy atom. The molecule has 116 valence electrons. The Morgan fingerprint density at radius 2 is 1.91 bits per heavy atom. The van der Waals surface area contributed by atoms with E-state index < -0.39 is 0 Å². The normalized spacial score (nSPS) is 15.0. The second-order valence-electron chi connectivity index (χ2n) is 5.24. The van der Waals surface area contributed by atoms with Crippen molar-refractivity contribution in [3.05, 3.63) is 23.0 Å². The lowest BCUT2D eigenvalue weighted by Crippen LogP contribution is -2.02. The van der Waals surface area contributed by atoms with Gasteiger partial charge in [0.1, 0.15) is 5.69 Å². The zero-order valence-electron chi connectivity index (χ0n) is 12.5. The zero-order chi connectivity index (χ0) is 15.5. The molecule has 0 aliphatic heterocycles. The number of aromatic nitrogens is 4. The zero-order valence-corrected chi connectivity index (χ0v) is 13.3. The molecule has 2 aromatic heterocycles. The molecule has 0 N–H and O–H groups in total. The first-order valence-corrected chi connectivity index (χ1v) is 7.59. The Bertz CT molecular complexity index is 675. The van der Waals surface area contributed by atoms with Gasteiger partial charge in [-0.3, -0.25) is 0 Å². The van der Waals surface area contributed by atoms with Crippen molar-refractivity contribution in [3.63, 3.8) is 0 Å². The molecule has 2 heterocycles. The predicted octanol–water partition coefficient (Wildman–Crippen LogP) is 3.26. The quantitative estimate of drug-likeness (QED) is 0.861. The molecule has 0 bridgehead atoms. The van der Waals surface area contributed by atoms with Crippen LogP contribution in [0.1, 0.15) is 37.2 Å². The van der Waals surface area contributed by atoms with E-state index >= 15 is 0 Å². The van der Waals surface area contributed by atoms with Gasteiger partial charge in [0.25, 0.3) is 0 Å². The number of methoxy groups -OCH3 is 2. The molecule has 6 nitrogen and oxygen atoms in total. The molecule has 1 aliphatic carbocycles. The van der Waals surface area contributed by atoms with Crippen molar-refractivity contribution in [1.29, 1.82) is 0 Å². The highest BCUT2D eigenvalue weighted by atomic mass is 35.5. The smallest absolute Gasteiger partial charge is 0.319 e. The van der Waals surface area contributed by atoms with Gasteiger partial charge >= 0.3 is 6.01 Å². The van der Waals surface area contributed by atoms with Gasteiger partial charge in [-0.1, -0.05) is 24.4 Å². The number of hydrogen-bond donors (Lipinski definition) is 0. The van der Waals surface area contributed by atoms with Gasteiger partial charge < -0.3 is 9.47 Å². The summed E-state index contributed by atoms with van der Waals surface area (Å²) in [6.45, 7) is 0. The highest BCUT2D eigenvalue weighted by Gasteiger charge is 2.22. The molecule has 1 fully saturated rings. The van der Waals surface area contributed by atoms with E-state index in [1.54, 1.807) is 13.3 Å². The Labute approximate surface area is 133 Å². The van der Waals surface area contributed by atoms with Crippen molar-refractivity contribution in [2.75, 3.05) is 14.2 Å². The Balaban J connectivity index is 2.03. The van der Waals surface area contributed by atoms with Gasteiger partial charge in [-0.15, -0.1) is 10.2 Å². The summed E-state index contributed by atoms with van der Waals surface area (Å²) in [6.07, 6.45) is 6.37. The van der Waals surface area contributed by atoms with E-state index in [2.05, 4.69) is 20.2 Å². The van der Waals surface area contributed by atoms with Gasteiger partial charge in [-0.05, 0) is 30.4 Å². The molecule has 0 atom stereocenters. The average Bonchev–Trinajstić information content (AvgIpc) is 3.09. The van der Waals surface area contributed by atoms with Crippen molar-refractivity contribution in [1.82, 2.24) is 20.2 Å². The minimum Gasteiger partial charge on any atom is -0.480 e. The third-order valence-electron chi connectivity index (χ3n) is 3.95. The SMILES string of the molecule is COc1ncc(-c2cc(C3CCCC3)c(Cl)nn2)c(OC)n1. The molecule has 0 amide bonds. The maximum Gasteiger partial charge on any atom is 0.319 e. The van der Waals surface area contributed by atoms with E-state index in [0.29, 0.717) is 28.2 Å². The largest absolute Gasteiger partial charge is 0.480 e. The van der Waals surface area contributed by atoms with Crippen LogP contribution in [0.2, 0.25) is 5.15 Å². The van der Waals surface area contributed by atoms with Gasteiger partial charge in [0.05, 0.1) is 19.8 Å². The van der Waals surface area contributed by atoms with Crippen molar-refractivity contribution in [2.45, 2.75) is 31.6 Å². The van der Waals surface area contributed by atoms with Crippen LogP contribution in [0.5, 0.6) is 11.9 Å². The molecular formula is C15H17ClN4O2. The summed E-state index contributed by atoms with van der Waals surface area (Å²) in [5.74, 6) is 0.854. The Morgan fingerprint density at radius 1 is 1.14 bits per heavy atom. The summed E-state index contributed by atoms with van der Waals surface area (Å²) >= 11 is 6.23. The lowest BCUT2D eigenvalue weighted by atomic mass is 9.98. The van der Waals surface area contributed by atoms with E-state index in [9.17, 15) is 0 Å². The molecule has 3 rings (SSSR count). The molecular weight excluding hydrogens is 304 g/mol. The molecule has 1 aliphatic rings. The Kier molecular flexibility index (Phi) is 4.38. The van der Waals surface area contributed by atoms with E-state index in [1.807, 2.05) is 6.07 Å². The summed E-state index contributed by atoms with van der Waals surface area (Å²) < 4.78 is 10.3. The lowest BCUT2D eigenvalue weighted by molar-refractivity contribution is 0.353. The summed E-state index contributed by atoms with van der Waals surface area (Å²) in [4.78, 5) is 8.30. The number of hydrogen-bond acceptors (Lipinski definition) is 6. The van der Waals surface area contributed by atoms with Gasteiger partial charge in [-0.25, -0.2) is 4.98 Å². The fourth-order valence-electron chi connectivity index (χ4n) is 2.83. The van der Waals surface area contributed by atoms with Gasteiger partial charge in [-0.2, -0.15) is 4.98 Å². The van der Waals surface area contributed by atoms with E-state index in [0.717, 1.165) is 18.4 Å². The predicted molar refractivity (Wildman–Crippen MR) is 82.4 cm³/mol. The van der Waals surface area contributed by atoms with Crippen molar-refractivity contribution >= 4 is 11.6 Å². The minimum absolute atomic E-state index is 0.249. The molecule has 0 saturated heterocycles. The summed E-state index contributed by atoms with van der Waals surface area (Å²) in [5, 5.41) is 8.73. The molecule has 0 unspecified atom stereocenters. The summed E-state index contributed by atoms with van der Waals surface area (Å²) in [7, 11) is 3.06. The van der Waals surface area contributed by atoms with Crippen LogP contribution in [-0.4, -0.2) is 34.4 Å². The third-order valence-corrected chi connectivity index (χ3v) is 4.25. The number of halogens is 1. The van der Waals surface area contributed by atoms with Crippen LogP contribution in [0, 0.1) is 0 Å². The summed E-state index contributed by atoms with van der Waals surface area (Å²) in [6, 6.07) is 2.22. The maximum absolute atomic E-state index is 6.23. The third kappa shape index (κ3) is 2.83. The first kappa shape index (κ1) is 15.0. The van der Waals surface area contributed by atoms with Crippen LogP contribution >= 0.6 is 11.6 Å². The first-order chi connectivity index (χ1) is 10.7. The molecule has 0 spiro atoms. The second-order valence-corrected chi connectivity index (χ2v) is 5.59. The second kappa shape index (κ2) is 6.44. The summed E-state index contributed by atoms with van der Waals surface area (Å²) in [5.41, 5.74) is 2.37. The number of rotatable bonds is 4. The number of nitrogens with zero attached hydrogens (tertiary/aromatic N) is 4. The average molecular weight is 321 g/mol. The maximum atomic E-state index is 6.23. The molecule has 0 aromatic carbocycles. The first-order valence-electron chi connectivity index (χ1n) is 7.21.